The molecule has 0 fully saturated rings. The summed E-state index contributed by atoms with van der Waals surface area (Å²) in [7, 11) is 6.17. The summed E-state index contributed by atoms with van der Waals surface area (Å²) >= 11 is 0. The first kappa shape index (κ1) is 29.0. The third-order valence-corrected chi connectivity index (χ3v) is 8.61. The Hall–Kier alpha value is -4.06. The minimum atomic E-state index is 0. The van der Waals surface area contributed by atoms with Crippen molar-refractivity contribution in [1.82, 2.24) is 28.7 Å². The van der Waals surface area contributed by atoms with Crippen LogP contribution in [-0.4, -0.2) is 28.7 Å². The number of aryl methyl sites for hydroxylation is 6. The van der Waals surface area contributed by atoms with Gasteiger partial charge < -0.3 is 13.7 Å². The van der Waals surface area contributed by atoms with Crippen LogP contribution in [0, 0.1) is 18.2 Å². The summed E-state index contributed by atoms with van der Waals surface area (Å²) in [5.74, 6) is 0. The molecule has 43 heavy (non-hydrogen) atoms. The molecule has 0 aliphatic heterocycles. The van der Waals surface area contributed by atoms with E-state index in [0.29, 0.717) is 0 Å². The Morgan fingerprint density at radius 3 is 1.09 bits per heavy atom. The molecule has 0 atom stereocenters. The Morgan fingerprint density at radius 2 is 0.791 bits per heavy atom. The molecule has 0 saturated heterocycles. The van der Waals surface area contributed by atoms with Gasteiger partial charge in [-0.1, -0.05) is 19.3 Å². The van der Waals surface area contributed by atoms with E-state index in [0.717, 1.165) is 55.6 Å². The number of fused-ring (bicyclic) bond motifs is 9. The summed E-state index contributed by atoms with van der Waals surface area (Å²) in [6, 6.07) is 28.4. The van der Waals surface area contributed by atoms with Crippen LogP contribution < -0.4 is 0 Å². The van der Waals surface area contributed by atoms with E-state index in [1.54, 1.807) is 0 Å². The van der Waals surface area contributed by atoms with Gasteiger partial charge in [0.25, 0.3) is 0 Å². The Kier molecular flexibility index (Phi) is 8.29. The number of benzene rings is 3. The molecule has 3 heterocycles. The molecule has 9 rings (SSSR count). The summed E-state index contributed by atoms with van der Waals surface area (Å²) in [6.07, 6.45) is 12.3. The first-order chi connectivity index (χ1) is 20.6. The predicted octanol–water partition coefficient (Wildman–Crippen LogP) is 5.96. The quantitative estimate of drug-likeness (QED) is 0.181. The average Bonchev–Trinajstić information content (AvgIpc) is 3.74. The zero-order valence-electron chi connectivity index (χ0n) is 24.7. The fourth-order valence-corrected chi connectivity index (χ4v) is 6.34. The minimum Gasteiger partial charge on any atom is -0.346 e. The van der Waals surface area contributed by atoms with Gasteiger partial charge in [-0.05, 0) is 19.3 Å². The third-order valence-electron chi connectivity index (χ3n) is 8.61. The van der Waals surface area contributed by atoms with Gasteiger partial charge in [0.05, 0.1) is 19.0 Å². The number of nitrogens with zero attached hydrogens (tertiary/aromatic N) is 6. The van der Waals surface area contributed by atoms with Crippen LogP contribution in [0.5, 0.6) is 0 Å². The van der Waals surface area contributed by atoms with E-state index >= 15 is 0 Å². The van der Waals surface area contributed by atoms with Gasteiger partial charge in [-0.15, -0.1) is 106 Å². The van der Waals surface area contributed by atoms with E-state index in [1.165, 1.54) is 50.5 Å². The van der Waals surface area contributed by atoms with Crippen LogP contribution in [0.3, 0.4) is 0 Å². The molecule has 0 amide bonds. The normalized spacial score (nSPS) is 13.2. The summed E-state index contributed by atoms with van der Waals surface area (Å²) in [5.41, 5.74) is 15.0. The molecular formula is C36H33IrN6. The first-order valence-electron chi connectivity index (χ1n) is 14.6. The average molecular weight is 742 g/mol. The van der Waals surface area contributed by atoms with Crippen molar-refractivity contribution in [2.24, 2.45) is 21.1 Å². The van der Waals surface area contributed by atoms with Gasteiger partial charge in [0.2, 0.25) is 0 Å². The van der Waals surface area contributed by atoms with E-state index in [-0.39, 0.29) is 20.1 Å². The summed E-state index contributed by atoms with van der Waals surface area (Å²) < 4.78 is 6.33. The van der Waals surface area contributed by atoms with Crippen LogP contribution in [0.2, 0.25) is 0 Å². The smallest absolute Gasteiger partial charge is 0.346 e. The van der Waals surface area contributed by atoms with Gasteiger partial charge in [0.1, 0.15) is 0 Å². The maximum Gasteiger partial charge on any atom is 3.00 e. The van der Waals surface area contributed by atoms with Crippen LogP contribution in [-0.2, 0) is 79.8 Å². The molecule has 3 aromatic heterocycles. The topological polar surface area (TPSA) is 53.5 Å². The van der Waals surface area contributed by atoms with Crippen LogP contribution >= 0.6 is 0 Å². The number of imidazole rings is 3. The Balaban J connectivity index is 0.000000113. The summed E-state index contributed by atoms with van der Waals surface area (Å²) in [4.78, 5) is 13.3. The van der Waals surface area contributed by atoms with Gasteiger partial charge >= 0.3 is 20.1 Å². The molecule has 6 aromatic rings. The fourth-order valence-electron chi connectivity index (χ4n) is 6.34. The predicted molar refractivity (Wildman–Crippen MR) is 165 cm³/mol. The van der Waals surface area contributed by atoms with Gasteiger partial charge in [0.15, 0.2) is 0 Å². The van der Waals surface area contributed by atoms with E-state index in [2.05, 4.69) is 86.2 Å². The van der Waals surface area contributed by atoms with E-state index in [9.17, 15) is 0 Å². The minimum absolute atomic E-state index is 0. The van der Waals surface area contributed by atoms with Crippen molar-refractivity contribution in [2.45, 2.75) is 38.5 Å². The second kappa shape index (κ2) is 12.3. The van der Waals surface area contributed by atoms with Crippen molar-refractivity contribution in [3.8, 4) is 33.8 Å². The van der Waals surface area contributed by atoms with Crippen LogP contribution in [0.25, 0.3) is 33.8 Å². The standard InChI is InChI=1S/3C12H11N2.Ir/c3*1-14-8-13-12-10-5-3-2-4-9(10)6-7-11(12)14;/h3*2-4,8H,6-7H2,1H3;/q3*-1;+3. The van der Waals surface area contributed by atoms with Crippen molar-refractivity contribution in [2.75, 3.05) is 0 Å². The monoisotopic (exact) mass is 742 g/mol. The molecule has 0 saturated carbocycles. The van der Waals surface area contributed by atoms with Crippen LogP contribution in [0.4, 0.5) is 0 Å². The van der Waals surface area contributed by atoms with Crippen molar-refractivity contribution in [3.05, 3.63) is 126 Å². The molecule has 0 bridgehead atoms. The SMILES string of the molecule is Cn1cnc2c1CCc1ccc[c-]c1-2.Cn1cnc2c1CCc1ccc[c-]c1-2.Cn1cnc2c1CCc1ccc[c-]c1-2.[Ir+3]. The van der Waals surface area contributed by atoms with Gasteiger partial charge in [-0.25, -0.2) is 0 Å². The Morgan fingerprint density at radius 1 is 0.488 bits per heavy atom. The van der Waals surface area contributed by atoms with Gasteiger partial charge in [-0.3, -0.25) is 15.0 Å². The zero-order chi connectivity index (χ0) is 28.6. The Labute approximate surface area is 266 Å². The van der Waals surface area contributed by atoms with Crippen LogP contribution in [0.1, 0.15) is 33.8 Å². The third kappa shape index (κ3) is 5.44. The van der Waals surface area contributed by atoms with Crippen molar-refractivity contribution in [3.63, 3.8) is 0 Å². The zero-order valence-corrected chi connectivity index (χ0v) is 27.1. The molecule has 6 nitrogen and oxygen atoms in total. The largest absolute Gasteiger partial charge is 3.00 e. The van der Waals surface area contributed by atoms with Crippen molar-refractivity contribution < 1.29 is 20.1 Å². The number of hydrogen-bond donors (Lipinski definition) is 0. The van der Waals surface area contributed by atoms with Gasteiger partial charge in [0, 0.05) is 55.3 Å². The van der Waals surface area contributed by atoms with E-state index in [1.807, 2.05) is 55.4 Å². The molecule has 0 spiro atoms. The number of aromatic nitrogens is 6. The second-order valence-corrected chi connectivity index (χ2v) is 11.2. The molecule has 3 aromatic carbocycles. The van der Waals surface area contributed by atoms with Crippen LogP contribution in [0.15, 0.2) is 73.6 Å². The number of hydrogen-bond acceptors (Lipinski definition) is 3. The van der Waals surface area contributed by atoms with Crippen molar-refractivity contribution in [1.29, 1.82) is 0 Å². The molecule has 0 radical (unpaired) electrons. The molecule has 216 valence electrons. The first-order valence-corrected chi connectivity index (χ1v) is 14.6. The van der Waals surface area contributed by atoms with E-state index < -0.39 is 0 Å². The van der Waals surface area contributed by atoms with Crippen molar-refractivity contribution >= 4 is 0 Å². The maximum absolute atomic E-state index is 4.43. The maximum atomic E-state index is 4.43. The fraction of sp³-hybridized carbons (Fsp3) is 0.250. The molecule has 0 unspecified atom stereocenters. The number of rotatable bonds is 0. The van der Waals surface area contributed by atoms with E-state index in [4.69, 9.17) is 0 Å². The molecule has 0 N–H and O–H groups in total. The van der Waals surface area contributed by atoms with Gasteiger partial charge in [-0.2, -0.15) is 0 Å². The molecular weight excluding hydrogens is 709 g/mol. The Bertz CT molecular complexity index is 1670. The molecule has 7 heteroatoms. The summed E-state index contributed by atoms with van der Waals surface area (Å²) in [5, 5.41) is 0. The molecule has 3 aliphatic rings. The molecule has 3 aliphatic carbocycles. The summed E-state index contributed by atoms with van der Waals surface area (Å²) in [6.45, 7) is 0. The second-order valence-electron chi connectivity index (χ2n) is 11.2.